The number of allylic oxidation sites excluding steroid dienone is 3. The average molecular weight is 164 g/mol. The second-order valence-electron chi connectivity index (χ2n) is 3.07. The number of aliphatic hydroxyl groups excluding tert-OH is 1. The summed E-state index contributed by atoms with van der Waals surface area (Å²) in [7, 11) is 0. The Balaban J connectivity index is 2.26. The Morgan fingerprint density at radius 2 is 2.33 bits per heavy atom. The van der Waals surface area contributed by atoms with Crippen LogP contribution < -0.4 is 0 Å². The van der Waals surface area contributed by atoms with Gasteiger partial charge in [0.2, 0.25) is 0 Å². The van der Waals surface area contributed by atoms with E-state index in [1.807, 2.05) is 6.08 Å². The summed E-state index contributed by atoms with van der Waals surface area (Å²) in [6.07, 6.45) is 8.44. The Kier molecular flexibility index (Phi) is 2.00. The van der Waals surface area contributed by atoms with Gasteiger partial charge in [0.15, 0.2) is 0 Å². The zero-order valence-electron chi connectivity index (χ0n) is 6.92. The first-order valence-electron chi connectivity index (χ1n) is 4.26. The third-order valence-electron chi connectivity index (χ3n) is 2.36. The van der Waals surface area contributed by atoms with Crippen LogP contribution in [0.15, 0.2) is 35.3 Å². The van der Waals surface area contributed by atoms with Crippen LogP contribution in [-0.2, 0) is 4.74 Å². The summed E-state index contributed by atoms with van der Waals surface area (Å²) < 4.78 is 5.07. The van der Waals surface area contributed by atoms with Crippen LogP contribution in [0.1, 0.15) is 19.3 Å². The van der Waals surface area contributed by atoms with Crippen molar-refractivity contribution in [2.24, 2.45) is 0 Å². The smallest absolute Gasteiger partial charge is 0.0939 e. The second kappa shape index (κ2) is 3.15. The van der Waals surface area contributed by atoms with Crippen LogP contribution in [0.5, 0.6) is 0 Å². The molecule has 1 N–H and O–H groups in total. The Hall–Kier alpha value is -1.02. The predicted octanol–water partition coefficient (Wildman–Crippen LogP) is 1.89. The predicted molar refractivity (Wildman–Crippen MR) is 46.3 cm³/mol. The lowest BCUT2D eigenvalue weighted by molar-refractivity contribution is 0.298. The van der Waals surface area contributed by atoms with E-state index in [4.69, 9.17) is 9.84 Å². The summed E-state index contributed by atoms with van der Waals surface area (Å²) in [5.41, 5.74) is 3.93. The minimum Gasteiger partial charge on any atom is -0.472 e. The molecule has 0 spiro atoms. The zero-order chi connectivity index (χ0) is 8.39. The van der Waals surface area contributed by atoms with Crippen molar-refractivity contribution < 1.29 is 9.84 Å². The zero-order valence-corrected chi connectivity index (χ0v) is 6.92. The molecule has 12 heavy (non-hydrogen) atoms. The molecule has 1 aliphatic heterocycles. The third-order valence-corrected chi connectivity index (χ3v) is 2.36. The van der Waals surface area contributed by atoms with Crippen molar-refractivity contribution in [2.75, 3.05) is 6.61 Å². The molecule has 0 aromatic heterocycles. The van der Waals surface area contributed by atoms with Gasteiger partial charge < -0.3 is 9.84 Å². The lowest BCUT2D eigenvalue weighted by Crippen LogP contribution is -1.90. The Labute approximate surface area is 71.9 Å². The Morgan fingerprint density at radius 1 is 1.42 bits per heavy atom. The first-order valence-corrected chi connectivity index (χ1v) is 4.26. The minimum absolute atomic E-state index is 0.251. The molecule has 0 aromatic rings. The van der Waals surface area contributed by atoms with Gasteiger partial charge in [-0.3, -0.25) is 0 Å². The molecule has 0 atom stereocenters. The first kappa shape index (κ1) is 7.62. The van der Waals surface area contributed by atoms with Crippen LogP contribution in [0.2, 0.25) is 0 Å². The van der Waals surface area contributed by atoms with Crippen molar-refractivity contribution in [1.29, 1.82) is 0 Å². The molecule has 0 saturated heterocycles. The Bertz CT molecular complexity index is 272. The van der Waals surface area contributed by atoms with Crippen LogP contribution in [-0.4, -0.2) is 11.7 Å². The van der Waals surface area contributed by atoms with Gasteiger partial charge in [0.1, 0.15) is 0 Å². The topological polar surface area (TPSA) is 29.5 Å². The van der Waals surface area contributed by atoms with E-state index in [9.17, 15) is 0 Å². The molecule has 0 saturated carbocycles. The molecule has 0 radical (unpaired) electrons. The fraction of sp³-hybridized carbons (Fsp3) is 0.400. The van der Waals surface area contributed by atoms with E-state index in [2.05, 4.69) is 0 Å². The number of aliphatic hydroxyl groups is 1. The highest BCUT2D eigenvalue weighted by Gasteiger charge is 2.18. The summed E-state index contributed by atoms with van der Waals surface area (Å²) in [4.78, 5) is 0. The van der Waals surface area contributed by atoms with Crippen LogP contribution in [0.25, 0.3) is 0 Å². The highest BCUT2D eigenvalue weighted by Crippen LogP contribution is 2.35. The maximum atomic E-state index is 8.81. The van der Waals surface area contributed by atoms with E-state index < -0.39 is 0 Å². The van der Waals surface area contributed by atoms with Crippen LogP contribution >= 0.6 is 0 Å². The maximum Gasteiger partial charge on any atom is 0.0939 e. The standard InChI is InChI=1S/C10H12O2/c11-5-3-8-1-2-9-7-12-6-4-10(8)9/h4,6-7,11H,1-3,5H2. The molecular weight excluding hydrogens is 152 g/mol. The molecule has 0 unspecified atom stereocenters. The van der Waals surface area contributed by atoms with Crippen molar-refractivity contribution >= 4 is 0 Å². The first-order chi connectivity index (χ1) is 5.92. The van der Waals surface area contributed by atoms with Gasteiger partial charge in [0.05, 0.1) is 12.5 Å². The fourth-order valence-corrected chi connectivity index (χ4v) is 1.75. The average Bonchev–Trinajstić information content (AvgIpc) is 2.50. The molecule has 2 aliphatic rings. The van der Waals surface area contributed by atoms with Gasteiger partial charge in [0.25, 0.3) is 0 Å². The largest absolute Gasteiger partial charge is 0.472 e. The van der Waals surface area contributed by atoms with Crippen molar-refractivity contribution in [3.8, 4) is 0 Å². The lowest BCUT2D eigenvalue weighted by atomic mass is 10.1. The SMILES string of the molecule is OCCC1=C2C=COC=C2CC1. The summed E-state index contributed by atoms with van der Waals surface area (Å²) in [5.74, 6) is 0. The minimum atomic E-state index is 0.251. The van der Waals surface area contributed by atoms with E-state index in [1.165, 1.54) is 16.7 Å². The van der Waals surface area contributed by atoms with Crippen molar-refractivity contribution in [2.45, 2.75) is 19.3 Å². The van der Waals surface area contributed by atoms with Gasteiger partial charge in [0, 0.05) is 6.61 Å². The number of ether oxygens (including phenoxy) is 1. The van der Waals surface area contributed by atoms with Crippen molar-refractivity contribution in [1.82, 2.24) is 0 Å². The normalized spacial score (nSPS) is 20.6. The van der Waals surface area contributed by atoms with Crippen LogP contribution in [0.3, 0.4) is 0 Å². The van der Waals surface area contributed by atoms with Gasteiger partial charge in [-0.1, -0.05) is 5.57 Å². The molecular formula is C10H12O2. The van der Waals surface area contributed by atoms with Gasteiger partial charge in [-0.05, 0) is 36.5 Å². The van der Waals surface area contributed by atoms with E-state index in [0.717, 1.165) is 19.3 Å². The van der Waals surface area contributed by atoms with Crippen molar-refractivity contribution in [3.05, 3.63) is 35.3 Å². The molecule has 2 rings (SSSR count). The van der Waals surface area contributed by atoms with Gasteiger partial charge in [-0.15, -0.1) is 0 Å². The summed E-state index contributed by atoms with van der Waals surface area (Å²) >= 11 is 0. The third kappa shape index (κ3) is 1.18. The maximum absolute atomic E-state index is 8.81. The Morgan fingerprint density at radius 3 is 3.17 bits per heavy atom. The lowest BCUT2D eigenvalue weighted by Gasteiger charge is -2.06. The fourth-order valence-electron chi connectivity index (χ4n) is 1.75. The number of hydrogen-bond acceptors (Lipinski definition) is 2. The van der Waals surface area contributed by atoms with E-state index in [0.29, 0.717) is 0 Å². The van der Waals surface area contributed by atoms with Gasteiger partial charge in [-0.25, -0.2) is 0 Å². The number of hydrogen-bond donors (Lipinski definition) is 1. The molecule has 1 aliphatic carbocycles. The highest BCUT2D eigenvalue weighted by molar-refractivity contribution is 5.48. The van der Waals surface area contributed by atoms with Gasteiger partial charge in [-0.2, -0.15) is 0 Å². The highest BCUT2D eigenvalue weighted by atomic mass is 16.5. The molecule has 1 heterocycles. The summed E-state index contributed by atoms with van der Waals surface area (Å²) in [6.45, 7) is 0.251. The molecule has 0 aromatic carbocycles. The monoisotopic (exact) mass is 164 g/mol. The second-order valence-corrected chi connectivity index (χ2v) is 3.07. The summed E-state index contributed by atoms with van der Waals surface area (Å²) in [6, 6.07) is 0. The van der Waals surface area contributed by atoms with E-state index >= 15 is 0 Å². The molecule has 0 fully saturated rings. The van der Waals surface area contributed by atoms with E-state index in [1.54, 1.807) is 12.5 Å². The molecule has 0 bridgehead atoms. The van der Waals surface area contributed by atoms with Gasteiger partial charge >= 0.3 is 0 Å². The molecule has 64 valence electrons. The van der Waals surface area contributed by atoms with Crippen LogP contribution in [0.4, 0.5) is 0 Å². The summed E-state index contributed by atoms with van der Waals surface area (Å²) in [5, 5.41) is 8.81. The number of rotatable bonds is 2. The molecule has 2 nitrogen and oxygen atoms in total. The molecule has 2 heteroatoms. The number of fused-ring (bicyclic) bond motifs is 1. The van der Waals surface area contributed by atoms with Crippen molar-refractivity contribution in [3.63, 3.8) is 0 Å². The van der Waals surface area contributed by atoms with E-state index in [-0.39, 0.29) is 6.61 Å². The molecule has 0 amide bonds. The quantitative estimate of drug-likeness (QED) is 0.675. The van der Waals surface area contributed by atoms with Crippen LogP contribution in [0, 0.1) is 0 Å².